The third-order valence-corrected chi connectivity index (χ3v) is 11.4. The highest BCUT2D eigenvalue weighted by Gasteiger charge is 2.32. The van der Waals surface area contributed by atoms with E-state index in [1.54, 1.807) is 11.3 Å². The lowest BCUT2D eigenvalue weighted by Gasteiger charge is -2.27. The molecule has 1 aliphatic heterocycles. The molecule has 10 aromatic rings. The van der Waals surface area contributed by atoms with Crippen LogP contribution in [-0.2, 0) is 0 Å². The molecule has 0 saturated carbocycles. The molecular formula is C46H29N5OS. The molecule has 0 saturated heterocycles. The first-order chi connectivity index (χ1) is 26.3. The number of hydrogen-bond acceptors (Lipinski definition) is 7. The van der Waals surface area contributed by atoms with Crippen LogP contribution in [0.5, 0.6) is 0 Å². The fourth-order valence-electron chi connectivity index (χ4n) is 7.69. The van der Waals surface area contributed by atoms with Gasteiger partial charge >= 0.3 is 0 Å². The normalized spacial score (nSPS) is 14.0. The number of rotatable bonds is 5. The van der Waals surface area contributed by atoms with E-state index in [-0.39, 0.29) is 6.17 Å². The van der Waals surface area contributed by atoms with Gasteiger partial charge < -0.3 is 14.6 Å². The lowest BCUT2D eigenvalue weighted by molar-refractivity contribution is 0.669. The van der Waals surface area contributed by atoms with Crippen LogP contribution in [0.3, 0.4) is 0 Å². The van der Waals surface area contributed by atoms with Crippen molar-refractivity contribution in [2.75, 3.05) is 10.2 Å². The number of fused-ring (bicyclic) bond motifs is 7. The molecular weight excluding hydrogens is 671 g/mol. The Kier molecular flexibility index (Phi) is 6.69. The summed E-state index contributed by atoms with van der Waals surface area (Å²) >= 11 is 1.80. The Hall–Kier alpha value is -6.83. The van der Waals surface area contributed by atoms with E-state index < -0.39 is 0 Å². The second kappa shape index (κ2) is 11.9. The molecule has 1 atom stereocenters. The maximum atomic E-state index is 6.27. The quantitative estimate of drug-likeness (QED) is 0.193. The van der Waals surface area contributed by atoms with Crippen molar-refractivity contribution in [2.45, 2.75) is 6.17 Å². The highest BCUT2D eigenvalue weighted by Crippen LogP contribution is 2.49. The van der Waals surface area contributed by atoms with Crippen molar-refractivity contribution in [1.29, 1.82) is 0 Å². The fourth-order valence-corrected chi connectivity index (χ4v) is 9.04. The summed E-state index contributed by atoms with van der Waals surface area (Å²) in [5.74, 6) is 1.86. The average Bonchev–Trinajstić information content (AvgIpc) is 3.92. The van der Waals surface area contributed by atoms with Crippen molar-refractivity contribution in [3.05, 3.63) is 169 Å². The minimum Gasteiger partial charge on any atom is -0.456 e. The minimum atomic E-state index is -0.0864. The van der Waals surface area contributed by atoms with Gasteiger partial charge in [-0.1, -0.05) is 115 Å². The summed E-state index contributed by atoms with van der Waals surface area (Å²) in [7, 11) is 0. The number of nitrogens with one attached hydrogen (secondary N) is 1. The summed E-state index contributed by atoms with van der Waals surface area (Å²) in [4.78, 5) is 17.8. The van der Waals surface area contributed by atoms with E-state index in [0.29, 0.717) is 17.5 Å². The van der Waals surface area contributed by atoms with Gasteiger partial charge in [-0.05, 0) is 48.5 Å². The van der Waals surface area contributed by atoms with Crippen molar-refractivity contribution in [3.63, 3.8) is 0 Å². The SMILES string of the molecule is c1ccc(-c2nc(-c3ccc4c(c3)oc3ccccc34)nc(-c3cccc4c3sc3c(C5Nc6ccccc6N5c5ccccc5)cccc34)n2)cc1. The number of anilines is 3. The molecule has 1 unspecified atom stereocenters. The zero-order valence-electron chi connectivity index (χ0n) is 28.3. The van der Waals surface area contributed by atoms with Crippen molar-refractivity contribution < 1.29 is 4.42 Å². The highest BCUT2D eigenvalue weighted by molar-refractivity contribution is 7.26. The minimum absolute atomic E-state index is 0.0864. The topological polar surface area (TPSA) is 67.1 Å². The Labute approximate surface area is 308 Å². The van der Waals surface area contributed by atoms with E-state index in [1.165, 1.54) is 21.0 Å². The van der Waals surface area contributed by atoms with Gasteiger partial charge in [0.05, 0.1) is 11.4 Å². The average molecular weight is 700 g/mol. The molecule has 0 radical (unpaired) electrons. The lowest BCUT2D eigenvalue weighted by Crippen LogP contribution is -2.23. The Bertz CT molecular complexity index is 3010. The van der Waals surface area contributed by atoms with Gasteiger partial charge in [0, 0.05) is 58.9 Å². The zero-order valence-corrected chi connectivity index (χ0v) is 29.1. The summed E-state index contributed by atoms with van der Waals surface area (Å²) < 4.78 is 8.64. The van der Waals surface area contributed by atoms with Crippen LogP contribution in [0.4, 0.5) is 17.1 Å². The van der Waals surface area contributed by atoms with Gasteiger partial charge in [-0.15, -0.1) is 11.3 Å². The number of hydrogen-bond donors (Lipinski definition) is 1. The summed E-state index contributed by atoms with van der Waals surface area (Å²) in [6.07, 6.45) is -0.0864. The molecule has 0 fully saturated rings. The van der Waals surface area contributed by atoms with E-state index in [9.17, 15) is 0 Å². The van der Waals surface area contributed by atoms with E-state index in [0.717, 1.165) is 60.4 Å². The standard InChI is InChI=1S/C46H29N5OS/c1-3-13-28(14-4-1)43-48-44(29-25-26-32-31-17-7-10-24-39(31)52-40(32)27-29)50-45(49-43)35-20-11-18-33-34-19-12-21-36(42(34)53-41(33)35)46-47-37-22-8-9-23-38(37)51(46)30-15-5-2-6-16-30/h1-27,46-47H. The molecule has 53 heavy (non-hydrogen) atoms. The number of nitrogens with zero attached hydrogens (tertiary/aromatic N) is 4. The fraction of sp³-hybridized carbons (Fsp3) is 0.0217. The first kappa shape index (κ1) is 29.9. The number of benzene rings is 7. The molecule has 7 heteroatoms. The lowest BCUT2D eigenvalue weighted by atomic mass is 10.0. The Morgan fingerprint density at radius 1 is 0.509 bits per heavy atom. The molecule has 0 bridgehead atoms. The third-order valence-electron chi connectivity index (χ3n) is 10.1. The predicted octanol–water partition coefficient (Wildman–Crippen LogP) is 12.4. The number of aromatic nitrogens is 3. The molecule has 1 N–H and O–H groups in total. The Morgan fingerprint density at radius 2 is 1.17 bits per heavy atom. The third kappa shape index (κ3) is 4.82. The Balaban J connectivity index is 1.09. The highest BCUT2D eigenvalue weighted by atomic mass is 32.1. The second-order valence-corrected chi connectivity index (χ2v) is 14.3. The maximum absolute atomic E-state index is 6.27. The molecule has 7 aromatic carbocycles. The maximum Gasteiger partial charge on any atom is 0.165 e. The first-order valence-corrected chi connectivity index (χ1v) is 18.5. The van der Waals surface area contributed by atoms with E-state index in [4.69, 9.17) is 19.4 Å². The largest absolute Gasteiger partial charge is 0.456 e. The van der Waals surface area contributed by atoms with Crippen LogP contribution >= 0.6 is 11.3 Å². The molecule has 0 spiro atoms. The van der Waals surface area contributed by atoms with Crippen LogP contribution in [0.1, 0.15) is 11.7 Å². The molecule has 250 valence electrons. The first-order valence-electron chi connectivity index (χ1n) is 17.6. The number of furan rings is 1. The van der Waals surface area contributed by atoms with Gasteiger partial charge in [0.2, 0.25) is 0 Å². The number of para-hydroxylation sites is 4. The van der Waals surface area contributed by atoms with Crippen LogP contribution < -0.4 is 10.2 Å². The summed E-state index contributed by atoms with van der Waals surface area (Å²) in [5.41, 5.74) is 9.08. The van der Waals surface area contributed by atoms with Crippen molar-refractivity contribution >= 4 is 70.5 Å². The second-order valence-electron chi connectivity index (χ2n) is 13.3. The summed E-state index contributed by atoms with van der Waals surface area (Å²) in [6, 6.07) is 56.7. The van der Waals surface area contributed by atoms with Crippen LogP contribution in [0.2, 0.25) is 0 Å². The van der Waals surface area contributed by atoms with Gasteiger partial charge in [0.25, 0.3) is 0 Å². The number of thiophene rings is 1. The van der Waals surface area contributed by atoms with Crippen molar-refractivity contribution in [1.82, 2.24) is 15.0 Å². The van der Waals surface area contributed by atoms with E-state index in [1.807, 2.05) is 54.6 Å². The molecule has 4 heterocycles. The van der Waals surface area contributed by atoms with Crippen molar-refractivity contribution in [3.8, 4) is 34.2 Å². The van der Waals surface area contributed by atoms with E-state index >= 15 is 0 Å². The molecule has 3 aromatic heterocycles. The van der Waals surface area contributed by atoms with Gasteiger partial charge in [0.15, 0.2) is 17.5 Å². The van der Waals surface area contributed by atoms with Crippen LogP contribution in [0.25, 0.3) is 76.3 Å². The summed E-state index contributed by atoms with van der Waals surface area (Å²) in [5, 5.41) is 8.40. The van der Waals surface area contributed by atoms with Gasteiger partial charge in [0.1, 0.15) is 17.3 Å². The van der Waals surface area contributed by atoms with Crippen LogP contribution in [-0.4, -0.2) is 15.0 Å². The molecule has 1 aliphatic rings. The molecule has 0 aliphatic carbocycles. The van der Waals surface area contributed by atoms with E-state index in [2.05, 4.69) is 119 Å². The molecule has 6 nitrogen and oxygen atoms in total. The van der Waals surface area contributed by atoms with Crippen LogP contribution in [0.15, 0.2) is 168 Å². The van der Waals surface area contributed by atoms with Gasteiger partial charge in [-0.3, -0.25) is 0 Å². The van der Waals surface area contributed by atoms with Crippen LogP contribution in [0, 0.1) is 0 Å². The van der Waals surface area contributed by atoms with Gasteiger partial charge in [-0.25, -0.2) is 15.0 Å². The smallest absolute Gasteiger partial charge is 0.165 e. The predicted molar refractivity (Wildman–Crippen MR) is 218 cm³/mol. The van der Waals surface area contributed by atoms with Crippen molar-refractivity contribution in [2.24, 2.45) is 0 Å². The Morgan fingerprint density at radius 3 is 2.04 bits per heavy atom. The van der Waals surface area contributed by atoms with Gasteiger partial charge in [-0.2, -0.15) is 0 Å². The monoisotopic (exact) mass is 699 g/mol. The summed E-state index contributed by atoms with van der Waals surface area (Å²) in [6.45, 7) is 0. The molecule has 11 rings (SSSR count). The zero-order chi connectivity index (χ0) is 34.9. The molecule has 0 amide bonds.